The Labute approximate surface area is 122 Å². The fraction of sp³-hybridized carbons (Fsp3) is 0.286. The van der Waals surface area contributed by atoms with Crippen LogP contribution in [0.5, 0.6) is 11.5 Å². The fourth-order valence-electron chi connectivity index (χ4n) is 2.61. The summed E-state index contributed by atoms with van der Waals surface area (Å²) >= 11 is 0. The first-order chi connectivity index (χ1) is 10.1. The lowest BCUT2D eigenvalue weighted by Crippen LogP contribution is -2.17. The van der Waals surface area contributed by atoms with E-state index in [4.69, 9.17) is 9.47 Å². The second-order valence-electron chi connectivity index (χ2n) is 5.05. The van der Waals surface area contributed by atoms with Gasteiger partial charge in [0.1, 0.15) is 13.2 Å². The molecule has 0 saturated heterocycles. The Balaban J connectivity index is 1.77. The largest absolute Gasteiger partial charge is 0.486 e. The number of hydrogen-bond acceptors (Lipinski definition) is 5. The smallest absolute Gasteiger partial charge is 0.267 e. The van der Waals surface area contributed by atoms with Crippen LogP contribution in [0.25, 0.3) is 0 Å². The van der Waals surface area contributed by atoms with Crippen LogP contribution >= 0.6 is 0 Å². The summed E-state index contributed by atoms with van der Waals surface area (Å²) in [5.74, 6) is 1.06. The predicted molar refractivity (Wildman–Crippen MR) is 75.0 cm³/mol. The van der Waals surface area contributed by atoms with Crippen LogP contribution in [0.3, 0.4) is 0 Å². The van der Waals surface area contributed by atoms with Crippen molar-refractivity contribution in [1.29, 1.82) is 0 Å². The SMILES string of the molecule is O=S(=O)(c1ccc2c(c1)OCCO2)n1cc2c(c1)CNC2. The molecule has 2 aliphatic rings. The summed E-state index contributed by atoms with van der Waals surface area (Å²) in [6.45, 7) is 2.33. The first kappa shape index (κ1) is 12.7. The minimum atomic E-state index is -3.60. The Kier molecular flexibility index (Phi) is 2.73. The van der Waals surface area contributed by atoms with Gasteiger partial charge in [-0.25, -0.2) is 12.4 Å². The fourth-order valence-corrected chi connectivity index (χ4v) is 3.88. The first-order valence-electron chi connectivity index (χ1n) is 6.70. The minimum Gasteiger partial charge on any atom is -0.486 e. The van der Waals surface area contributed by atoms with Crippen molar-refractivity contribution in [3.63, 3.8) is 0 Å². The van der Waals surface area contributed by atoms with E-state index in [-0.39, 0.29) is 4.90 Å². The Hall–Kier alpha value is -1.99. The highest BCUT2D eigenvalue weighted by atomic mass is 32.2. The maximum Gasteiger partial charge on any atom is 0.267 e. The molecule has 1 aromatic heterocycles. The minimum absolute atomic E-state index is 0.202. The number of rotatable bonds is 2. The van der Waals surface area contributed by atoms with E-state index < -0.39 is 10.0 Å². The van der Waals surface area contributed by atoms with E-state index >= 15 is 0 Å². The molecule has 2 aliphatic heterocycles. The summed E-state index contributed by atoms with van der Waals surface area (Å²) in [7, 11) is -3.60. The molecule has 110 valence electrons. The molecule has 0 unspecified atom stereocenters. The zero-order chi connectivity index (χ0) is 14.4. The number of nitrogens with zero attached hydrogens (tertiary/aromatic N) is 1. The van der Waals surface area contributed by atoms with Crippen LogP contribution in [-0.2, 0) is 23.1 Å². The van der Waals surface area contributed by atoms with Gasteiger partial charge in [-0.15, -0.1) is 0 Å². The van der Waals surface area contributed by atoms with Crippen LogP contribution in [0.1, 0.15) is 11.1 Å². The van der Waals surface area contributed by atoms with Crippen molar-refractivity contribution in [2.45, 2.75) is 18.0 Å². The van der Waals surface area contributed by atoms with Crippen LogP contribution in [0.2, 0.25) is 0 Å². The van der Waals surface area contributed by atoms with Gasteiger partial charge in [0.25, 0.3) is 10.0 Å². The van der Waals surface area contributed by atoms with E-state index in [0.717, 1.165) is 11.1 Å². The summed E-state index contributed by atoms with van der Waals surface area (Å²) in [6, 6.07) is 4.71. The highest BCUT2D eigenvalue weighted by Crippen LogP contribution is 2.33. The molecule has 1 N–H and O–H groups in total. The highest BCUT2D eigenvalue weighted by Gasteiger charge is 2.23. The van der Waals surface area contributed by atoms with E-state index in [9.17, 15) is 8.42 Å². The maximum atomic E-state index is 12.7. The molecule has 4 rings (SSSR count). The normalized spacial score (nSPS) is 16.8. The molecule has 2 aromatic rings. The van der Waals surface area contributed by atoms with E-state index in [1.54, 1.807) is 24.5 Å². The van der Waals surface area contributed by atoms with Gasteiger partial charge >= 0.3 is 0 Å². The molecule has 0 aliphatic carbocycles. The van der Waals surface area contributed by atoms with E-state index in [1.807, 2.05) is 0 Å². The third kappa shape index (κ3) is 2.00. The van der Waals surface area contributed by atoms with Crippen molar-refractivity contribution in [1.82, 2.24) is 9.29 Å². The molecule has 6 nitrogen and oxygen atoms in total. The zero-order valence-corrected chi connectivity index (χ0v) is 12.0. The Morgan fingerprint density at radius 3 is 2.38 bits per heavy atom. The van der Waals surface area contributed by atoms with Crippen molar-refractivity contribution in [2.24, 2.45) is 0 Å². The van der Waals surface area contributed by atoms with Crippen LogP contribution in [-0.4, -0.2) is 25.6 Å². The van der Waals surface area contributed by atoms with E-state index in [0.29, 0.717) is 37.8 Å². The molecule has 7 heteroatoms. The average Bonchev–Trinajstić information content (AvgIpc) is 3.08. The molecule has 0 spiro atoms. The second kappa shape index (κ2) is 4.51. The quantitative estimate of drug-likeness (QED) is 0.900. The number of fused-ring (bicyclic) bond motifs is 2. The van der Waals surface area contributed by atoms with Gasteiger partial charge in [-0.3, -0.25) is 0 Å². The van der Waals surface area contributed by atoms with Crippen LogP contribution in [0, 0.1) is 0 Å². The average molecular weight is 306 g/mol. The van der Waals surface area contributed by atoms with Gasteiger partial charge in [-0.1, -0.05) is 0 Å². The van der Waals surface area contributed by atoms with Gasteiger partial charge in [0, 0.05) is 31.5 Å². The lowest BCUT2D eigenvalue weighted by molar-refractivity contribution is 0.171. The van der Waals surface area contributed by atoms with Crippen molar-refractivity contribution in [2.75, 3.05) is 13.2 Å². The number of nitrogens with one attached hydrogen (secondary N) is 1. The summed E-state index contributed by atoms with van der Waals surface area (Å²) in [5.41, 5.74) is 2.05. The number of benzene rings is 1. The van der Waals surface area contributed by atoms with Gasteiger partial charge in [-0.2, -0.15) is 0 Å². The summed E-state index contributed by atoms with van der Waals surface area (Å²) in [5, 5.41) is 3.18. The predicted octanol–water partition coefficient (Wildman–Crippen LogP) is 1.10. The topological polar surface area (TPSA) is 69.6 Å². The summed E-state index contributed by atoms with van der Waals surface area (Å²) < 4.78 is 37.5. The summed E-state index contributed by atoms with van der Waals surface area (Å²) in [6.07, 6.45) is 3.34. The van der Waals surface area contributed by atoms with Crippen molar-refractivity contribution in [3.8, 4) is 11.5 Å². The van der Waals surface area contributed by atoms with Gasteiger partial charge in [0.2, 0.25) is 0 Å². The highest BCUT2D eigenvalue weighted by molar-refractivity contribution is 7.90. The van der Waals surface area contributed by atoms with E-state index in [1.165, 1.54) is 10.0 Å². The molecule has 0 amide bonds. The maximum absolute atomic E-state index is 12.7. The van der Waals surface area contributed by atoms with Crippen molar-refractivity contribution >= 4 is 10.0 Å². The van der Waals surface area contributed by atoms with Gasteiger partial charge in [-0.05, 0) is 23.3 Å². The third-order valence-corrected chi connectivity index (χ3v) is 5.31. The third-order valence-electron chi connectivity index (χ3n) is 3.70. The van der Waals surface area contributed by atoms with Gasteiger partial charge in [0.15, 0.2) is 11.5 Å². The molecule has 0 fully saturated rings. The molecule has 0 saturated carbocycles. The second-order valence-corrected chi connectivity index (χ2v) is 6.90. The van der Waals surface area contributed by atoms with Crippen LogP contribution < -0.4 is 14.8 Å². The Morgan fingerprint density at radius 2 is 1.67 bits per heavy atom. The van der Waals surface area contributed by atoms with Gasteiger partial charge < -0.3 is 14.8 Å². The first-order valence-corrected chi connectivity index (χ1v) is 8.14. The molecule has 3 heterocycles. The molecule has 1 aromatic carbocycles. The lowest BCUT2D eigenvalue weighted by atomic mass is 10.2. The number of ether oxygens (including phenoxy) is 2. The monoisotopic (exact) mass is 306 g/mol. The Morgan fingerprint density at radius 1 is 1.00 bits per heavy atom. The zero-order valence-electron chi connectivity index (χ0n) is 11.2. The standard InChI is InChI=1S/C14H14N2O4S/c17-21(18,16-8-10-6-15-7-11(10)9-16)12-1-2-13-14(5-12)20-4-3-19-13/h1-2,5,8-9,15H,3-4,6-7H2. The lowest BCUT2D eigenvalue weighted by Gasteiger charge is -2.19. The molecule has 0 atom stereocenters. The molecular weight excluding hydrogens is 292 g/mol. The van der Waals surface area contributed by atoms with Crippen LogP contribution in [0.15, 0.2) is 35.5 Å². The molecule has 0 radical (unpaired) electrons. The molecular formula is C14H14N2O4S. The van der Waals surface area contributed by atoms with Crippen molar-refractivity contribution < 1.29 is 17.9 Å². The van der Waals surface area contributed by atoms with Crippen molar-refractivity contribution in [3.05, 3.63) is 41.7 Å². The molecule has 21 heavy (non-hydrogen) atoms. The van der Waals surface area contributed by atoms with E-state index in [2.05, 4.69) is 5.32 Å². The van der Waals surface area contributed by atoms with Crippen LogP contribution in [0.4, 0.5) is 0 Å². The van der Waals surface area contributed by atoms with Gasteiger partial charge in [0.05, 0.1) is 4.90 Å². The number of aromatic nitrogens is 1. The molecule has 0 bridgehead atoms. The Bertz CT molecular complexity index is 789. The summed E-state index contributed by atoms with van der Waals surface area (Å²) in [4.78, 5) is 0.202. The number of hydrogen-bond donors (Lipinski definition) is 1.